The molecule has 128 valence electrons. The Kier molecular flexibility index (Phi) is 6.65. The number of carbonyl (C=O) groups is 1. The maximum Gasteiger partial charge on any atom is 0.267 e. The molecule has 0 aliphatic carbocycles. The fourth-order valence-corrected chi connectivity index (χ4v) is 3.06. The Morgan fingerprint density at radius 1 is 1.54 bits per heavy atom. The zero-order chi connectivity index (χ0) is 17.5. The first-order valence-corrected chi connectivity index (χ1v) is 8.49. The number of anilines is 1. The zero-order valence-corrected chi connectivity index (χ0v) is 14.5. The van der Waals surface area contributed by atoms with Crippen LogP contribution in [-0.4, -0.2) is 35.1 Å². The number of rotatable bonds is 5. The average Bonchev–Trinajstić information content (AvgIpc) is 2.58. The molecule has 1 atom stereocenters. The van der Waals surface area contributed by atoms with Crippen LogP contribution < -0.4 is 5.32 Å². The molecule has 1 heterocycles. The van der Waals surface area contributed by atoms with Gasteiger partial charge in [-0.3, -0.25) is 4.79 Å². The van der Waals surface area contributed by atoms with Crippen LogP contribution in [0.5, 0.6) is 0 Å². The summed E-state index contributed by atoms with van der Waals surface area (Å²) in [5, 5.41) is 21.9. The van der Waals surface area contributed by atoms with E-state index in [0.29, 0.717) is 17.1 Å². The lowest BCUT2D eigenvalue weighted by molar-refractivity contribution is -0.112. The Morgan fingerprint density at radius 2 is 2.33 bits per heavy atom. The molecule has 0 aromatic heterocycles. The van der Waals surface area contributed by atoms with Gasteiger partial charge in [0.25, 0.3) is 5.91 Å². The summed E-state index contributed by atoms with van der Waals surface area (Å²) in [6.45, 7) is 2.71. The minimum Gasteiger partial charge on any atom is -0.396 e. The SMILES string of the molecule is Cc1c(Cl)cccc1NC(=O)/C(C#N)=C\N1CCCCC1CCO. The van der Waals surface area contributed by atoms with E-state index in [-0.39, 0.29) is 18.2 Å². The Labute approximate surface area is 147 Å². The van der Waals surface area contributed by atoms with Gasteiger partial charge in [0.1, 0.15) is 11.6 Å². The largest absolute Gasteiger partial charge is 0.396 e. The van der Waals surface area contributed by atoms with E-state index in [1.807, 2.05) is 17.9 Å². The first kappa shape index (κ1) is 18.3. The molecule has 24 heavy (non-hydrogen) atoms. The summed E-state index contributed by atoms with van der Waals surface area (Å²) in [4.78, 5) is 14.4. The van der Waals surface area contributed by atoms with Crippen LogP contribution in [0, 0.1) is 18.3 Å². The monoisotopic (exact) mass is 347 g/mol. The maximum atomic E-state index is 12.4. The van der Waals surface area contributed by atoms with E-state index >= 15 is 0 Å². The second-order valence-electron chi connectivity index (χ2n) is 5.92. The maximum absolute atomic E-state index is 12.4. The minimum atomic E-state index is -0.448. The molecule has 0 radical (unpaired) electrons. The van der Waals surface area contributed by atoms with E-state index in [0.717, 1.165) is 31.4 Å². The highest BCUT2D eigenvalue weighted by Crippen LogP contribution is 2.24. The lowest BCUT2D eigenvalue weighted by atomic mass is 10.00. The van der Waals surface area contributed by atoms with Crippen LogP contribution in [0.25, 0.3) is 0 Å². The van der Waals surface area contributed by atoms with Crippen molar-refractivity contribution in [3.05, 3.63) is 40.6 Å². The highest BCUT2D eigenvalue weighted by molar-refractivity contribution is 6.31. The molecular formula is C18H22ClN3O2. The smallest absolute Gasteiger partial charge is 0.267 e. The normalized spacial score (nSPS) is 18.2. The Bertz CT molecular complexity index is 665. The summed E-state index contributed by atoms with van der Waals surface area (Å²) in [7, 11) is 0. The van der Waals surface area contributed by atoms with E-state index in [1.54, 1.807) is 24.4 Å². The molecule has 1 aliphatic rings. The molecule has 1 amide bonds. The first-order chi connectivity index (χ1) is 11.6. The van der Waals surface area contributed by atoms with E-state index in [2.05, 4.69) is 5.32 Å². The number of amides is 1. The van der Waals surface area contributed by atoms with Gasteiger partial charge in [0.2, 0.25) is 0 Å². The number of piperidine rings is 1. The standard InChI is InChI=1S/C18H22ClN3O2/c1-13-16(19)6-4-7-17(13)21-18(24)14(11-20)12-22-9-3-2-5-15(22)8-10-23/h4,6-7,12,15,23H,2-3,5,8-10H2,1H3,(H,21,24)/b14-12-. The molecule has 2 rings (SSSR count). The number of hydrogen-bond acceptors (Lipinski definition) is 4. The Balaban J connectivity index is 2.15. The van der Waals surface area contributed by atoms with Crippen molar-refractivity contribution in [2.45, 2.75) is 38.6 Å². The molecule has 1 fully saturated rings. The fraction of sp³-hybridized carbons (Fsp3) is 0.444. The summed E-state index contributed by atoms with van der Waals surface area (Å²) < 4.78 is 0. The van der Waals surface area contributed by atoms with Gasteiger partial charge in [0, 0.05) is 36.1 Å². The number of likely N-dealkylation sites (tertiary alicyclic amines) is 1. The van der Waals surface area contributed by atoms with Crippen LogP contribution in [0.1, 0.15) is 31.2 Å². The number of aliphatic hydroxyl groups excluding tert-OH is 1. The molecule has 0 spiro atoms. The van der Waals surface area contributed by atoms with E-state index in [1.165, 1.54) is 0 Å². The average molecular weight is 348 g/mol. The van der Waals surface area contributed by atoms with E-state index in [4.69, 9.17) is 11.6 Å². The van der Waals surface area contributed by atoms with Crippen LogP contribution in [-0.2, 0) is 4.79 Å². The lowest BCUT2D eigenvalue weighted by Crippen LogP contribution is -2.37. The predicted octanol–water partition coefficient (Wildman–Crippen LogP) is 3.23. The molecular weight excluding hydrogens is 326 g/mol. The molecule has 1 unspecified atom stereocenters. The Hall–Kier alpha value is -2.03. The van der Waals surface area contributed by atoms with Gasteiger partial charge in [-0.2, -0.15) is 5.26 Å². The van der Waals surface area contributed by atoms with Gasteiger partial charge in [0.05, 0.1) is 0 Å². The van der Waals surface area contributed by atoms with Crippen LogP contribution in [0.2, 0.25) is 5.02 Å². The van der Waals surface area contributed by atoms with Crippen LogP contribution in [0.3, 0.4) is 0 Å². The Morgan fingerprint density at radius 3 is 3.04 bits per heavy atom. The number of nitrogens with zero attached hydrogens (tertiary/aromatic N) is 2. The van der Waals surface area contributed by atoms with E-state index < -0.39 is 5.91 Å². The second kappa shape index (κ2) is 8.72. The van der Waals surface area contributed by atoms with Gasteiger partial charge in [0.15, 0.2) is 0 Å². The first-order valence-electron chi connectivity index (χ1n) is 8.11. The molecule has 1 aromatic rings. The summed E-state index contributed by atoms with van der Waals surface area (Å²) in [6.07, 6.45) is 5.35. The molecule has 6 heteroatoms. The van der Waals surface area contributed by atoms with Crippen LogP contribution in [0.4, 0.5) is 5.69 Å². The highest BCUT2D eigenvalue weighted by Gasteiger charge is 2.21. The number of hydrogen-bond donors (Lipinski definition) is 2. The highest BCUT2D eigenvalue weighted by atomic mass is 35.5. The van der Waals surface area contributed by atoms with Gasteiger partial charge in [-0.15, -0.1) is 0 Å². The predicted molar refractivity (Wildman–Crippen MR) is 94.6 cm³/mol. The molecule has 2 N–H and O–H groups in total. The van der Waals surface area contributed by atoms with Gasteiger partial charge in [-0.1, -0.05) is 17.7 Å². The molecule has 1 saturated heterocycles. The quantitative estimate of drug-likeness (QED) is 0.633. The van der Waals surface area contributed by atoms with E-state index in [9.17, 15) is 15.2 Å². The molecule has 0 saturated carbocycles. The third kappa shape index (κ3) is 4.50. The topological polar surface area (TPSA) is 76.4 Å². The third-order valence-electron chi connectivity index (χ3n) is 4.31. The summed E-state index contributed by atoms with van der Waals surface area (Å²) >= 11 is 6.06. The second-order valence-corrected chi connectivity index (χ2v) is 6.33. The van der Waals surface area contributed by atoms with Gasteiger partial charge in [-0.05, 0) is 50.3 Å². The third-order valence-corrected chi connectivity index (χ3v) is 4.72. The number of nitrogens with one attached hydrogen (secondary N) is 1. The van der Waals surface area contributed by atoms with Gasteiger partial charge in [-0.25, -0.2) is 0 Å². The number of carbonyl (C=O) groups excluding carboxylic acids is 1. The van der Waals surface area contributed by atoms with Crippen molar-refractivity contribution in [3.8, 4) is 6.07 Å². The molecule has 1 aromatic carbocycles. The number of benzene rings is 1. The summed E-state index contributed by atoms with van der Waals surface area (Å²) in [6, 6.07) is 7.41. The van der Waals surface area contributed by atoms with Gasteiger partial charge < -0.3 is 15.3 Å². The summed E-state index contributed by atoms with van der Waals surface area (Å²) in [5.74, 6) is -0.448. The van der Waals surface area contributed by atoms with Crippen molar-refractivity contribution in [1.82, 2.24) is 4.90 Å². The van der Waals surface area contributed by atoms with Crippen molar-refractivity contribution in [2.24, 2.45) is 0 Å². The number of halogens is 1. The van der Waals surface area contributed by atoms with Crippen LogP contribution >= 0.6 is 11.6 Å². The number of nitriles is 1. The minimum absolute atomic E-state index is 0.0548. The summed E-state index contributed by atoms with van der Waals surface area (Å²) in [5.41, 5.74) is 1.42. The molecule has 5 nitrogen and oxygen atoms in total. The van der Waals surface area contributed by atoms with Crippen molar-refractivity contribution >= 4 is 23.2 Å². The molecule has 0 bridgehead atoms. The van der Waals surface area contributed by atoms with Crippen molar-refractivity contribution < 1.29 is 9.90 Å². The van der Waals surface area contributed by atoms with Crippen molar-refractivity contribution in [2.75, 3.05) is 18.5 Å². The number of aliphatic hydroxyl groups is 1. The fourth-order valence-electron chi connectivity index (χ4n) is 2.89. The van der Waals surface area contributed by atoms with Crippen molar-refractivity contribution in [3.63, 3.8) is 0 Å². The van der Waals surface area contributed by atoms with Crippen molar-refractivity contribution in [1.29, 1.82) is 5.26 Å². The zero-order valence-electron chi connectivity index (χ0n) is 13.8. The lowest BCUT2D eigenvalue weighted by Gasteiger charge is -2.34. The van der Waals surface area contributed by atoms with Gasteiger partial charge >= 0.3 is 0 Å². The molecule has 1 aliphatic heterocycles. The van der Waals surface area contributed by atoms with Crippen LogP contribution in [0.15, 0.2) is 30.0 Å².